The van der Waals surface area contributed by atoms with Crippen molar-refractivity contribution < 1.29 is 9.28 Å². The van der Waals surface area contributed by atoms with Crippen molar-refractivity contribution in [3.8, 4) is 0 Å². The summed E-state index contributed by atoms with van der Waals surface area (Å²) in [6, 6.07) is 0. The summed E-state index contributed by atoms with van der Waals surface area (Å²) in [5, 5.41) is 0. The molecule has 0 saturated heterocycles. The monoisotopic (exact) mass is 408 g/mol. The first kappa shape index (κ1) is 26.7. The Morgan fingerprint density at radius 3 is 1.41 bits per heavy atom. The number of nitrogens with zero attached hydrogens (tertiary/aromatic N) is 1. The zero-order chi connectivity index (χ0) is 22.0. The molecule has 2 nitrogen and oxygen atoms in total. The zero-order valence-corrected chi connectivity index (χ0v) is 21.2. The van der Waals surface area contributed by atoms with Crippen LogP contribution in [0.4, 0.5) is 0 Å². The minimum atomic E-state index is 0.0671. The first-order chi connectivity index (χ1) is 13.8. The number of rotatable bonds is 13. The first-order valence-electron chi connectivity index (χ1n) is 13.2. The quantitative estimate of drug-likeness (QED) is 0.284. The lowest BCUT2D eigenvalue weighted by Gasteiger charge is -2.39. The molecule has 2 atom stereocenters. The Morgan fingerprint density at radius 2 is 1.21 bits per heavy atom. The van der Waals surface area contributed by atoms with Gasteiger partial charge in [-0.3, -0.25) is 4.79 Å². The summed E-state index contributed by atoms with van der Waals surface area (Å²) in [5.74, 6) is 1.23. The number of hydrogen-bond donors (Lipinski definition) is 0. The lowest BCUT2D eigenvalue weighted by atomic mass is 9.67. The fourth-order valence-corrected chi connectivity index (χ4v) is 6.24. The largest absolute Gasteiger partial charge is 0.324 e. The third-order valence-electron chi connectivity index (χ3n) is 8.69. The summed E-state index contributed by atoms with van der Waals surface area (Å²) in [5.41, 5.74) is 0.358. The van der Waals surface area contributed by atoms with Crippen LogP contribution in [0, 0.1) is 16.7 Å². The molecule has 2 heteroatoms. The van der Waals surface area contributed by atoms with Gasteiger partial charge < -0.3 is 4.48 Å². The minimum Gasteiger partial charge on any atom is -0.324 e. The lowest BCUT2D eigenvalue weighted by molar-refractivity contribution is -0.929. The van der Waals surface area contributed by atoms with Crippen LogP contribution in [0.25, 0.3) is 0 Å². The molecule has 0 aromatic carbocycles. The van der Waals surface area contributed by atoms with E-state index in [0.29, 0.717) is 17.1 Å². The molecule has 0 spiro atoms. The third-order valence-corrected chi connectivity index (χ3v) is 8.69. The maximum absolute atomic E-state index is 11.8. The van der Waals surface area contributed by atoms with Gasteiger partial charge in [-0.15, -0.1) is 0 Å². The third kappa shape index (κ3) is 6.31. The van der Waals surface area contributed by atoms with Gasteiger partial charge in [0.25, 0.3) is 0 Å². The van der Waals surface area contributed by atoms with Crippen molar-refractivity contribution in [2.24, 2.45) is 16.7 Å². The van der Waals surface area contributed by atoms with Crippen LogP contribution in [-0.4, -0.2) is 36.4 Å². The number of unbranched alkanes of at least 4 members (excludes halogenated alkanes) is 4. The van der Waals surface area contributed by atoms with Crippen molar-refractivity contribution in [1.82, 2.24) is 0 Å². The second-order valence-corrected chi connectivity index (χ2v) is 10.7. The maximum atomic E-state index is 11.8. The van der Waals surface area contributed by atoms with E-state index in [-0.39, 0.29) is 5.41 Å². The predicted molar refractivity (Wildman–Crippen MR) is 128 cm³/mol. The molecule has 2 aliphatic rings. The van der Waals surface area contributed by atoms with E-state index in [1.807, 2.05) is 0 Å². The van der Waals surface area contributed by atoms with Gasteiger partial charge in [-0.05, 0) is 56.3 Å². The van der Waals surface area contributed by atoms with Gasteiger partial charge in [0.2, 0.25) is 0 Å². The number of fused-ring (bicyclic) bond motifs is 2. The zero-order valence-electron chi connectivity index (χ0n) is 21.2. The summed E-state index contributed by atoms with van der Waals surface area (Å²) in [4.78, 5) is 11.8. The highest BCUT2D eigenvalue weighted by Gasteiger charge is 2.62. The molecule has 2 rings (SSSR count). The van der Waals surface area contributed by atoms with Gasteiger partial charge in [0.05, 0.1) is 26.2 Å². The summed E-state index contributed by atoms with van der Waals surface area (Å²) < 4.78 is 1.42. The number of carbonyl (C=O) groups is 1. The van der Waals surface area contributed by atoms with Crippen LogP contribution < -0.4 is 0 Å². The second-order valence-electron chi connectivity index (χ2n) is 10.7. The highest BCUT2D eigenvalue weighted by molar-refractivity contribution is 5.89. The van der Waals surface area contributed by atoms with E-state index in [2.05, 4.69) is 48.5 Å². The Bertz CT molecular complexity index is 432. The Hall–Kier alpha value is -0.370. The molecular formula is C27H54NO+. The second kappa shape index (κ2) is 12.5. The normalized spacial score (nSPS) is 25.2. The molecule has 2 fully saturated rings. The lowest BCUT2D eigenvalue weighted by Crippen LogP contribution is -2.50. The van der Waals surface area contributed by atoms with Gasteiger partial charge in [-0.1, -0.05) is 74.1 Å². The van der Waals surface area contributed by atoms with Crippen LogP contribution >= 0.6 is 0 Å². The number of hydrogen-bond acceptors (Lipinski definition) is 1. The summed E-state index contributed by atoms with van der Waals surface area (Å²) in [7, 11) is 0. The van der Waals surface area contributed by atoms with Gasteiger partial charge >= 0.3 is 0 Å². The van der Waals surface area contributed by atoms with E-state index in [9.17, 15) is 4.79 Å². The molecule has 0 aromatic rings. The molecule has 0 radical (unpaired) electrons. The highest BCUT2D eigenvalue weighted by atomic mass is 16.1. The van der Waals surface area contributed by atoms with Crippen LogP contribution in [0.15, 0.2) is 0 Å². The molecular weight excluding hydrogens is 354 g/mol. The smallest absolute Gasteiger partial charge is 0.139 e. The topological polar surface area (TPSA) is 17.1 Å². The molecule has 0 aliphatic heterocycles. The van der Waals surface area contributed by atoms with Crippen molar-refractivity contribution in [3.63, 3.8) is 0 Å². The molecule has 2 unspecified atom stereocenters. The Balaban J connectivity index is 0.000000304. The van der Waals surface area contributed by atoms with Gasteiger partial charge in [0, 0.05) is 11.8 Å². The van der Waals surface area contributed by atoms with E-state index in [1.54, 1.807) is 0 Å². The molecule has 2 aliphatic carbocycles. The average molecular weight is 409 g/mol. The molecule has 0 amide bonds. The van der Waals surface area contributed by atoms with E-state index < -0.39 is 0 Å². The van der Waals surface area contributed by atoms with Crippen molar-refractivity contribution in [2.75, 3.05) is 26.2 Å². The van der Waals surface area contributed by atoms with Crippen LogP contribution in [0.3, 0.4) is 0 Å². The van der Waals surface area contributed by atoms with Crippen molar-refractivity contribution in [1.29, 1.82) is 0 Å². The van der Waals surface area contributed by atoms with E-state index >= 15 is 0 Å². The van der Waals surface area contributed by atoms with Crippen molar-refractivity contribution >= 4 is 5.78 Å². The van der Waals surface area contributed by atoms with E-state index in [1.165, 1.54) is 88.4 Å². The first-order valence-corrected chi connectivity index (χ1v) is 13.2. The molecule has 0 heterocycles. The van der Waals surface area contributed by atoms with Gasteiger partial charge in [-0.25, -0.2) is 0 Å². The Morgan fingerprint density at radius 1 is 0.793 bits per heavy atom. The number of carbonyl (C=O) groups excluding carboxylic acids is 1. The molecule has 29 heavy (non-hydrogen) atoms. The number of Topliss-reactive ketones (excluding diaryl/α,β-unsaturated/α-hetero) is 1. The molecule has 172 valence electrons. The average Bonchev–Trinajstić information content (AvgIpc) is 3.08. The van der Waals surface area contributed by atoms with Gasteiger partial charge in [-0.2, -0.15) is 0 Å². The van der Waals surface area contributed by atoms with Crippen LogP contribution in [0.2, 0.25) is 0 Å². The van der Waals surface area contributed by atoms with Crippen LogP contribution in [-0.2, 0) is 4.79 Å². The fourth-order valence-electron chi connectivity index (χ4n) is 6.24. The van der Waals surface area contributed by atoms with Gasteiger partial charge in [0.15, 0.2) is 0 Å². The van der Waals surface area contributed by atoms with E-state index in [4.69, 9.17) is 0 Å². The minimum absolute atomic E-state index is 0.0671. The Labute approximate surface area is 183 Å². The molecule has 2 bridgehead atoms. The summed E-state index contributed by atoms with van der Waals surface area (Å²) in [6.07, 6.45) is 15.4. The fraction of sp³-hybridized carbons (Fsp3) is 0.963. The van der Waals surface area contributed by atoms with Crippen LogP contribution in [0.1, 0.15) is 126 Å². The maximum Gasteiger partial charge on any atom is 0.139 e. The SMILES string of the molecule is CCC12CCC(CC1=O)C2(C)C.CCCC[N+](CCCC)(CCCC)CCCC. The summed E-state index contributed by atoms with van der Waals surface area (Å²) >= 11 is 0. The molecule has 2 saturated carbocycles. The van der Waals surface area contributed by atoms with Crippen LogP contribution in [0.5, 0.6) is 0 Å². The molecule has 0 N–H and O–H groups in total. The highest BCUT2D eigenvalue weighted by Crippen LogP contribution is 2.65. The molecule has 0 aromatic heterocycles. The number of quaternary nitrogens is 1. The van der Waals surface area contributed by atoms with E-state index in [0.717, 1.165) is 19.3 Å². The predicted octanol–water partition coefficient (Wildman–Crippen LogP) is 7.80. The van der Waals surface area contributed by atoms with Gasteiger partial charge in [0.1, 0.15) is 5.78 Å². The number of ketones is 1. The standard InChI is InChI=1S/C16H36N.C11H18O/c1-5-9-13-17(14-10-6-2,15-11-7-3)16-12-8-4;1-4-11-6-5-8(7-9(11)12)10(11,2)3/h5-16H2,1-4H3;8H,4-7H2,1-3H3/q+1;. The van der Waals surface area contributed by atoms with Crippen molar-refractivity contribution in [2.45, 2.75) is 126 Å². The Kier molecular flexibility index (Phi) is 11.5. The van der Waals surface area contributed by atoms with Crippen molar-refractivity contribution in [3.05, 3.63) is 0 Å². The summed E-state index contributed by atoms with van der Waals surface area (Å²) in [6.45, 7) is 21.8.